The van der Waals surface area contributed by atoms with Crippen LogP contribution in [0, 0.1) is 5.82 Å². The molecule has 2 aromatic carbocycles. The molecule has 1 saturated heterocycles. The molecule has 0 bridgehead atoms. The minimum Gasteiger partial charge on any atom is -0.492 e. The van der Waals surface area contributed by atoms with Crippen LogP contribution in [0.4, 0.5) is 10.1 Å². The van der Waals surface area contributed by atoms with Gasteiger partial charge in [-0.3, -0.25) is 14.4 Å². The largest absolute Gasteiger partial charge is 0.492 e. The summed E-state index contributed by atoms with van der Waals surface area (Å²) in [5.74, 6) is -0.486. The Bertz CT molecular complexity index is 1200. The van der Waals surface area contributed by atoms with E-state index >= 15 is 0 Å². The van der Waals surface area contributed by atoms with Crippen molar-refractivity contribution in [3.8, 4) is 5.75 Å². The summed E-state index contributed by atoms with van der Waals surface area (Å²) in [6.07, 6.45) is 1.69. The standard InChI is InChI=1S/C26H27FN4O4/c1-2-35-23-8-4-3-6-21(23)28-24(32)18-31-13-5-7-22(31)26(34)30-16-14-29(15-17-30)25(33)19-9-11-20(27)12-10-19/h3-13H,2,14-18H2,1H3,(H,28,32). The molecule has 35 heavy (non-hydrogen) atoms. The van der Waals surface area contributed by atoms with Gasteiger partial charge < -0.3 is 24.4 Å². The molecule has 8 nitrogen and oxygen atoms in total. The number of benzene rings is 2. The van der Waals surface area contributed by atoms with E-state index in [1.165, 1.54) is 24.3 Å². The second kappa shape index (κ2) is 10.9. The molecule has 3 amide bonds. The summed E-state index contributed by atoms with van der Waals surface area (Å²) in [4.78, 5) is 41.8. The first kappa shape index (κ1) is 24.0. The van der Waals surface area contributed by atoms with Gasteiger partial charge in [-0.1, -0.05) is 12.1 Å². The number of piperazine rings is 1. The normalized spacial score (nSPS) is 13.4. The summed E-state index contributed by atoms with van der Waals surface area (Å²) >= 11 is 0. The Kier molecular flexibility index (Phi) is 7.45. The first-order valence-corrected chi connectivity index (χ1v) is 11.5. The predicted molar refractivity (Wildman–Crippen MR) is 129 cm³/mol. The lowest BCUT2D eigenvalue weighted by molar-refractivity contribution is -0.116. The van der Waals surface area contributed by atoms with Crippen LogP contribution in [0.15, 0.2) is 66.9 Å². The summed E-state index contributed by atoms with van der Waals surface area (Å²) in [5, 5.41) is 2.84. The van der Waals surface area contributed by atoms with Crippen LogP contribution >= 0.6 is 0 Å². The van der Waals surface area contributed by atoms with Gasteiger partial charge in [-0.25, -0.2) is 4.39 Å². The van der Waals surface area contributed by atoms with E-state index in [-0.39, 0.29) is 24.3 Å². The van der Waals surface area contributed by atoms with Gasteiger partial charge in [-0.15, -0.1) is 0 Å². The molecule has 3 aromatic rings. The van der Waals surface area contributed by atoms with E-state index < -0.39 is 5.82 Å². The average Bonchev–Trinajstić information content (AvgIpc) is 3.33. The predicted octanol–water partition coefficient (Wildman–Crippen LogP) is 3.26. The van der Waals surface area contributed by atoms with Crippen molar-refractivity contribution in [1.29, 1.82) is 0 Å². The fourth-order valence-corrected chi connectivity index (χ4v) is 3.99. The number of hydrogen-bond donors (Lipinski definition) is 1. The van der Waals surface area contributed by atoms with Crippen LogP contribution < -0.4 is 10.1 Å². The number of para-hydroxylation sites is 2. The number of rotatable bonds is 7. The SMILES string of the molecule is CCOc1ccccc1NC(=O)Cn1cccc1C(=O)N1CCN(C(=O)c2ccc(F)cc2)CC1. The number of amides is 3. The Morgan fingerprint density at radius 1 is 0.886 bits per heavy atom. The van der Waals surface area contributed by atoms with Crippen molar-refractivity contribution in [3.05, 3.63) is 83.9 Å². The molecule has 2 heterocycles. The molecule has 1 aliphatic rings. The molecule has 0 aliphatic carbocycles. The van der Waals surface area contributed by atoms with Gasteiger partial charge in [0.2, 0.25) is 5.91 Å². The maximum absolute atomic E-state index is 13.2. The molecule has 0 spiro atoms. The van der Waals surface area contributed by atoms with Gasteiger partial charge in [-0.2, -0.15) is 0 Å². The highest BCUT2D eigenvalue weighted by Crippen LogP contribution is 2.23. The van der Waals surface area contributed by atoms with E-state index in [1.807, 2.05) is 19.1 Å². The highest BCUT2D eigenvalue weighted by molar-refractivity contribution is 5.96. The third-order valence-corrected chi connectivity index (χ3v) is 5.77. The summed E-state index contributed by atoms with van der Waals surface area (Å²) in [5.41, 5.74) is 1.38. The molecule has 4 rings (SSSR count). The molecule has 9 heteroatoms. The van der Waals surface area contributed by atoms with Crippen molar-refractivity contribution in [1.82, 2.24) is 14.4 Å². The zero-order chi connectivity index (χ0) is 24.8. The van der Waals surface area contributed by atoms with Gasteiger partial charge in [-0.05, 0) is 55.5 Å². The maximum atomic E-state index is 13.2. The van der Waals surface area contributed by atoms with E-state index in [9.17, 15) is 18.8 Å². The number of halogens is 1. The third-order valence-electron chi connectivity index (χ3n) is 5.77. The first-order valence-electron chi connectivity index (χ1n) is 11.5. The molecule has 182 valence electrons. The van der Waals surface area contributed by atoms with Gasteiger partial charge in [0, 0.05) is 37.9 Å². The summed E-state index contributed by atoms with van der Waals surface area (Å²) in [6, 6.07) is 16.0. The van der Waals surface area contributed by atoms with Crippen LogP contribution in [-0.4, -0.2) is 64.9 Å². The highest BCUT2D eigenvalue weighted by atomic mass is 19.1. The molecule has 1 fully saturated rings. The van der Waals surface area contributed by atoms with E-state index in [1.54, 1.807) is 44.8 Å². The number of carbonyl (C=O) groups is 3. The minimum atomic E-state index is -0.396. The van der Waals surface area contributed by atoms with Gasteiger partial charge in [0.05, 0.1) is 12.3 Å². The van der Waals surface area contributed by atoms with Crippen LogP contribution in [0.3, 0.4) is 0 Å². The van der Waals surface area contributed by atoms with E-state index in [4.69, 9.17) is 4.74 Å². The number of nitrogens with zero attached hydrogens (tertiary/aromatic N) is 3. The molecule has 0 radical (unpaired) electrons. The average molecular weight is 479 g/mol. The Morgan fingerprint density at radius 3 is 2.23 bits per heavy atom. The summed E-state index contributed by atoms with van der Waals surface area (Å²) in [6.45, 7) is 3.79. The van der Waals surface area contributed by atoms with Crippen molar-refractivity contribution in [3.63, 3.8) is 0 Å². The fourth-order valence-electron chi connectivity index (χ4n) is 3.99. The van der Waals surface area contributed by atoms with Crippen LogP contribution in [0.1, 0.15) is 27.8 Å². The lowest BCUT2D eigenvalue weighted by atomic mass is 10.1. The summed E-state index contributed by atoms with van der Waals surface area (Å²) < 4.78 is 20.3. The monoisotopic (exact) mass is 478 g/mol. The van der Waals surface area contributed by atoms with Crippen molar-refractivity contribution in [2.24, 2.45) is 0 Å². The zero-order valence-corrected chi connectivity index (χ0v) is 19.4. The zero-order valence-electron chi connectivity index (χ0n) is 19.4. The Balaban J connectivity index is 1.35. The molecule has 1 N–H and O–H groups in total. The van der Waals surface area contributed by atoms with Gasteiger partial charge in [0.25, 0.3) is 11.8 Å². The number of aromatic nitrogens is 1. The van der Waals surface area contributed by atoms with E-state index in [2.05, 4.69) is 5.32 Å². The molecule has 0 atom stereocenters. The first-order chi connectivity index (χ1) is 17.0. The minimum absolute atomic E-state index is 0.0302. The molecular weight excluding hydrogens is 451 g/mol. The third kappa shape index (κ3) is 5.68. The number of carbonyl (C=O) groups excluding carboxylic acids is 3. The summed E-state index contributed by atoms with van der Waals surface area (Å²) in [7, 11) is 0. The molecule has 1 aromatic heterocycles. The fraction of sp³-hybridized carbons (Fsp3) is 0.269. The van der Waals surface area contributed by atoms with Gasteiger partial charge in [0.15, 0.2) is 0 Å². The number of anilines is 1. The molecule has 0 saturated carbocycles. The van der Waals surface area contributed by atoms with E-state index in [0.717, 1.165) is 0 Å². The molecular formula is C26H27FN4O4. The number of nitrogens with one attached hydrogen (secondary N) is 1. The number of hydrogen-bond acceptors (Lipinski definition) is 4. The van der Waals surface area contributed by atoms with Crippen LogP contribution in [0.2, 0.25) is 0 Å². The van der Waals surface area contributed by atoms with Crippen molar-refractivity contribution < 1.29 is 23.5 Å². The highest BCUT2D eigenvalue weighted by Gasteiger charge is 2.27. The molecule has 0 unspecified atom stereocenters. The lowest BCUT2D eigenvalue weighted by Gasteiger charge is -2.35. The second-order valence-electron chi connectivity index (χ2n) is 8.09. The Morgan fingerprint density at radius 2 is 1.54 bits per heavy atom. The number of ether oxygens (including phenoxy) is 1. The second-order valence-corrected chi connectivity index (χ2v) is 8.09. The van der Waals surface area contributed by atoms with Gasteiger partial charge >= 0.3 is 0 Å². The smallest absolute Gasteiger partial charge is 0.270 e. The topological polar surface area (TPSA) is 83.9 Å². The van der Waals surface area contributed by atoms with Crippen molar-refractivity contribution >= 4 is 23.4 Å². The van der Waals surface area contributed by atoms with Crippen LogP contribution in [0.5, 0.6) is 5.75 Å². The molecule has 1 aliphatic heterocycles. The Labute approximate surface area is 202 Å². The van der Waals surface area contributed by atoms with Crippen LogP contribution in [-0.2, 0) is 11.3 Å². The van der Waals surface area contributed by atoms with Crippen LogP contribution in [0.25, 0.3) is 0 Å². The van der Waals surface area contributed by atoms with Crippen molar-refractivity contribution in [2.75, 3.05) is 38.1 Å². The quantitative estimate of drug-likeness (QED) is 0.565. The lowest BCUT2D eigenvalue weighted by Crippen LogP contribution is -2.51. The van der Waals surface area contributed by atoms with E-state index in [0.29, 0.717) is 55.5 Å². The van der Waals surface area contributed by atoms with Crippen molar-refractivity contribution in [2.45, 2.75) is 13.5 Å². The van der Waals surface area contributed by atoms with Gasteiger partial charge in [0.1, 0.15) is 23.8 Å². The maximum Gasteiger partial charge on any atom is 0.270 e. The Hall–Kier alpha value is -4.14.